The van der Waals surface area contributed by atoms with E-state index in [1.54, 1.807) is 37.8 Å². The Labute approximate surface area is 118 Å². The molecule has 0 saturated heterocycles. The predicted molar refractivity (Wildman–Crippen MR) is 75.9 cm³/mol. The number of imidazole rings is 1. The van der Waals surface area contributed by atoms with Gasteiger partial charge in [0, 0.05) is 17.7 Å². The molecule has 0 aliphatic heterocycles. The zero-order valence-electron chi connectivity index (χ0n) is 12.0. The van der Waals surface area contributed by atoms with Crippen LogP contribution >= 0.6 is 0 Å². The molecule has 1 heterocycles. The van der Waals surface area contributed by atoms with Gasteiger partial charge in [-0.05, 0) is 26.0 Å². The molecule has 0 radical (unpaired) electrons. The Hall–Kier alpha value is -2.01. The molecule has 5 heteroatoms. The van der Waals surface area contributed by atoms with Crippen molar-refractivity contribution in [2.24, 2.45) is 0 Å². The van der Waals surface area contributed by atoms with Crippen molar-refractivity contribution in [2.45, 2.75) is 33.1 Å². The second-order valence-electron chi connectivity index (χ2n) is 4.81. The lowest BCUT2D eigenvalue weighted by atomic mass is 10.2. The zero-order valence-corrected chi connectivity index (χ0v) is 12.0. The first-order valence-electron chi connectivity index (χ1n) is 6.57. The molecule has 0 saturated carbocycles. The van der Waals surface area contributed by atoms with Crippen LogP contribution in [-0.4, -0.2) is 21.8 Å². The van der Waals surface area contributed by atoms with Gasteiger partial charge in [-0.2, -0.15) is 0 Å². The molecular weight excluding hydrogens is 256 g/mol. The van der Waals surface area contributed by atoms with E-state index in [0.29, 0.717) is 24.1 Å². The van der Waals surface area contributed by atoms with E-state index in [1.165, 1.54) is 0 Å². The largest absolute Gasteiger partial charge is 0.497 e. The van der Waals surface area contributed by atoms with Crippen LogP contribution in [0.25, 0.3) is 0 Å². The molecule has 2 aromatic rings. The maximum Gasteiger partial charge on any atom is 0.130 e. The Balaban J connectivity index is 2.15. The van der Waals surface area contributed by atoms with Crippen molar-refractivity contribution >= 4 is 0 Å². The van der Waals surface area contributed by atoms with Crippen LogP contribution in [0.1, 0.15) is 31.1 Å². The van der Waals surface area contributed by atoms with Crippen molar-refractivity contribution in [1.82, 2.24) is 9.55 Å². The SMILES string of the molecule is COc1ccc(CO)c(OCc2cncn2C(C)C)c1. The lowest BCUT2D eigenvalue weighted by Gasteiger charge is -2.14. The quantitative estimate of drug-likeness (QED) is 0.881. The second-order valence-corrected chi connectivity index (χ2v) is 4.81. The minimum Gasteiger partial charge on any atom is -0.497 e. The average Bonchev–Trinajstić information content (AvgIpc) is 2.93. The van der Waals surface area contributed by atoms with Crippen LogP contribution in [-0.2, 0) is 13.2 Å². The first kappa shape index (κ1) is 14.4. The molecule has 20 heavy (non-hydrogen) atoms. The summed E-state index contributed by atoms with van der Waals surface area (Å²) >= 11 is 0. The van der Waals surface area contributed by atoms with E-state index in [9.17, 15) is 5.11 Å². The maximum atomic E-state index is 9.34. The van der Waals surface area contributed by atoms with Gasteiger partial charge in [-0.15, -0.1) is 0 Å². The van der Waals surface area contributed by atoms with Gasteiger partial charge in [0.1, 0.15) is 18.1 Å². The third-order valence-corrected chi connectivity index (χ3v) is 3.12. The molecular formula is C15H20N2O3. The first-order valence-corrected chi connectivity index (χ1v) is 6.57. The fraction of sp³-hybridized carbons (Fsp3) is 0.400. The third kappa shape index (κ3) is 3.11. The predicted octanol–water partition coefficient (Wildman–Crippen LogP) is 2.54. The van der Waals surface area contributed by atoms with Crippen LogP contribution in [0.4, 0.5) is 0 Å². The normalized spacial score (nSPS) is 10.8. The van der Waals surface area contributed by atoms with E-state index in [-0.39, 0.29) is 6.61 Å². The van der Waals surface area contributed by atoms with Gasteiger partial charge in [0.25, 0.3) is 0 Å². The molecule has 0 amide bonds. The average molecular weight is 276 g/mol. The van der Waals surface area contributed by atoms with E-state index >= 15 is 0 Å². The van der Waals surface area contributed by atoms with Gasteiger partial charge in [-0.25, -0.2) is 4.98 Å². The Morgan fingerprint density at radius 2 is 2.15 bits per heavy atom. The van der Waals surface area contributed by atoms with Gasteiger partial charge < -0.3 is 19.1 Å². The Morgan fingerprint density at radius 1 is 1.35 bits per heavy atom. The Bertz CT molecular complexity index is 564. The summed E-state index contributed by atoms with van der Waals surface area (Å²) < 4.78 is 13.0. The first-order chi connectivity index (χ1) is 9.65. The standard InChI is InChI=1S/C15H20N2O3/c1-11(2)17-10-16-7-13(17)9-20-15-6-14(19-3)5-4-12(15)8-18/h4-7,10-11,18H,8-9H2,1-3H3. The Morgan fingerprint density at radius 3 is 2.80 bits per heavy atom. The molecule has 0 bridgehead atoms. The number of aliphatic hydroxyl groups is 1. The van der Waals surface area contributed by atoms with E-state index in [4.69, 9.17) is 9.47 Å². The highest BCUT2D eigenvalue weighted by Gasteiger charge is 2.09. The van der Waals surface area contributed by atoms with E-state index < -0.39 is 0 Å². The summed E-state index contributed by atoms with van der Waals surface area (Å²) in [5, 5.41) is 9.34. The number of nitrogens with zero attached hydrogens (tertiary/aromatic N) is 2. The zero-order chi connectivity index (χ0) is 14.5. The summed E-state index contributed by atoms with van der Waals surface area (Å²) in [7, 11) is 1.60. The van der Waals surface area contributed by atoms with Crippen molar-refractivity contribution in [3.63, 3.8) is 0 Å². The summed E-state index contributed by atoms with van der Waals surface area (Å²) in [6.07, 6.45) is 3.58. The minimum atomic E-state index is -0.0667. The van der Waals surface area contributed by atoms with Crippen LogP contribution < -0.4 is 9.47 Å². The van der Waals surface area contributed by atoms with Crippen molar-refractivity contribution < 1.29 is 14.6 Å². The maximum absolute atomic E-state index is 9.34. The number of methoxy groups -OCH3 is 1. The smallest absolute Gasteiger partial charge is 0.130 e. The van der Waals surface area contributed by atoms with Crippen molar-refractivity contribution in [3.05, 3.63) is 42.0 Å². The van der Waals surface area contributed by atoms with Crippen LogP contribution in [0.3, 0.4) is 0 Å². The third-order valence-electron chi connectivity index (χ3n) is 3.12. The van der Waals surface area contributed by atoms with Crippen LogP contribution in [0.5, 0.6) is 11.5 Å². The molecule has 5 nitrogen and oxygen atoms in total. The number of ether oxygens (including phenoxy) is 2. The van der Waals surface area contributed by atoms with Gasteiger partial charge in [-0.1, -0.05) is 0 Å². The van der Waals surface area contributed by atoms with Gasteiger partial charge in [-0.3, -0.25) is 0 Å². The number of rotatable bonds is 6. The minimum absolute atomic E-state index is 0.0667. The molecule has 1 N–H and O–H groups in total. The number of aromatic nitrogens is 2. The van der Waals surface area contributed by atoms with Gasteiger partial charge in [0.2, 0.25) is 0 Å². The lowest BCUT2D eigenvalue weighted by molar-refractivity contribution is 0.253. The Kier molecular flexibility index (Phi) is 4.63. The number of benzene rings is 1. The molecule has 0 spiro atoms. The molecule has 1 aromatic carbocycles. The van der Waals surface area contributed by atoms with Crippen molar-refractivity contribution in [1.29, 1.82) is 0 Å². The molecule has 108 valence electrons. The molecule has 0 atom stereocenters. The summed E-state index contributed by atoms with van der Waals surface area (Å²) in [5.41, 5.74) is 1.73. The van der Waals surface area contributed by atoms with E-state index in [0.717, 1.165) is 11.3 Å². The van der Waals surface area contributed by atoms with E-state index in [2.05, 4.69) is 23.4 Å². The summed E-state index contributed by atoms with van der Waals surface area (Å²) in [6, 6.07) is 5.71. The second kappa shape index (κ2) is 6.43. The van der Waals surface area contributed by atoms with Crippen molar-refractivity contribution in [3.8, 4) is 11.5 Å². The summed E-state index contributed by atoms with van der Waals surface area (Å²) in [6.45, 7) is 4.52. The van der Waals surface area contributed by atoms with Gasteiger partial charge >= 0.3 is 0 Å². The molecule has 0 unspecified atom stereocenters. The van der Waals surface area contributed by atoms with Crippen molar-refractivity contribution in [2.75, 3.05) is 7.11 Å². The molecule has 0 aliphatic rings. The molecule has 0 aliphatic carbocycles. The molecule has 2 rings (SSSR count). The van der Waals surface area contributed by atoms with Crippen LogP contribution in [0, 0.1) is 0 Å². The number of hydrogen-bond acceptors (Lipinski definition) is 4. The number of hydrogen-bond donors (Lipinski definition) is 1. The molecule has 1 aromatic heterocycles. The molecule has 0 fully saturated rings. The lowest BCUT2D eigenvalue weighted by Crippen LogP contribution is -2.08. The topological polar surface area (TPSA) is 56.5 Å². The van der Waals surface area contributed by atoms with Crippen LogP contribution in [0.15, 0.2) is 30.7 Å². The summed E-state index contributed by atoms with van der Waals surface area (Å²) in [4.78, 5) is 4.14. The van der Waals surface area contributed by atoms with Gasteiger partial charge in [0.05, 0.1) is 31.9 Å². The fourth-order valence-electron chi connectivity index (χ4n) is 1.99. The number of aliphatic hydroxyl groups excluding tert-OH is 1. The van der Waals surface area contributed by atoms with Crippen LogP contribution in [0.2, 0.25) is 0 Å². The summed E-state index contributed by atoms with van der Waals surface area (Å²) in [5.74, 6) is 1.33. The monoisotopic (exact) mass is 276 g/mol. The highest BCUT2D eigenvalue weighted by atomic mass is 16.5. The van der Waals surface area contributed by atoms with E-state index in [1.807, 2.05) is 0 Å². The fourth-order valence-corrected chi connectivity index (χ4v) is 1.99. The highest BCUT2D eigenvalue weighted by molar-refractivity contribution is 5.40. The van der Waals surface area contributed by atoms with Gasteiger partial charge in [0.15, 0.2) is 0 Å². The highest BCUT2D eigenvalue weighted by Crippen LogP contribution is 2.26.